The Morgan fingerprint density at radius 1 is 1.32 bits per heavy atom. The van der Waals surface area contributed by atoms with E-state index in [1.165, 1.54) is 0 Å². The number of hydrogen-bond acceptors (Lipinski definition) is 7. The number of pyridine rings is 1. The van der Waals surface area contributed by atoms with Crippen LogP contribution in [0.1, 0.15) is 49.5 Å². The molecule has 4 aromatic heterocycles. The molecule has 5 heterocycles. The zero-order chi connectivity index (χ0) is 19.3. The van der Waals surface area contributed by atoms with Crippen molar-refractivity contribution in [3.8, 4) is 0 Å². The second kappa shape index (κ2) is 6.68. The summed E-state index contributed by atoms with van der Waals surface area (Å²) in [4.78, 5) is 18.9. The summed E-state index contributed by atoms with van der Waals surface area (Å²) >= 11 is 0. The minimum Gasteiger partial charge on any atom is -0.385 e. The number of fused-ring (bicyclic) bond motifs is 3. The summed E-state index contributed by atoms with van der Waals surface area (Å²) in [6.07, 6.45) is 4.97. The Labute approximate surface area is 161 Å². The summed E-state index contributed by atoms with van der Waals surface area (Å²) in [5.41, 5.74) is 2.72. The molecule has 9 heteroatoms. The van der Waals surface area contributed by atoms with Gasteiger partial charge in [-0.05, 0) is 32.8 Å². The van der Waals surface area contributed by atoms with Crippen LogP contribution in [-0.2, 0) is 6.54 Å². The average Bonchev–Trinajstić information content (AvgIpc) is 3.39. The van der Waals surface area contributed by atoms with Crippen molar-refractivity contribution in [2.75, 3.05) is 13.1 Å². The quantitative estimate of drug-likeness (QED) is 0.559. The molecule has 9 nitrogen and oxygen atoms in total. The number of H-pyrrole nitrogens is 1. The van der Waals surface area contributed by atoms with Gasteiger partial charge < -0.3 is 19.2 Å². The molecule has 5 rings (SSSR count). The first-order valence-corrected chi connectivity index (χ1v) is 9.63. The Morgan fingerprint density at radius 2 is 2.14 bits per heavy atom. The number of aliphatic hydroxyl groups is 1. The number of aromatic nitrogens is 6. The molecule has 1 atom stereocenters. The van der Waals surface area contributed by atoms with Gasteiger partial charge in [0.1, 0.15) is 23.1 Å². The summed E-state index contributed by atoms with van der Waals surface area (Å²) in [6, 6.07) is 2.30. The third-order valence-electron chi connectivity index (χ3n) is 5.49. The number of nitrogens with one attached hydrogen (secondary N) is 1. The van der Waals surface area contributed by atoms with E-state index in [0.29, 0.717) is 24.1 Å². The third kappa shape index (κ3) is 2.87. The maximum absolute atomic E-state index is 10.4. The van der Waals surface area contributed by atoms with Crippen molar-refractivity contribution >= 4 is 22.1 Å². The van der Waals surface area contributed by atoms with Crippen molar-refractivity contribution in [1.82, 2.24) is 34.6 Å². The van der Waals surface area contributed by atoms with Crippen molar-refractivity contribution in [3.05, 3.63) is 36.0 Å². The van der Waals surface area contributed by atoms with Gasteiger partial charge in [0.2, 0.25) is 5.89 Å². The van der Waals surface area contributed by atoms with E-state index in [1.807, 2.05) is 19.2 Å². The molecule has 2 N–H and O–H groups in total. The Morgan fingerprint density at radius 3 is 2.86 bits per heavy atom. The van der Waals surface area contributed by atoms with E-state index in [9.17, 15) is 5.11 Å². The van der Waals surface area contributed by atoms with Crippen LogP contribution in [0.2, 0.25) is 0 Å². The zero-order valence-corrected chi connectivity index (χ0v) is 16.0. The lowest BCUT2D eigenvalue weighted by Gasteiger charge is -2.33. The van der Waals surface area contributed by atoms with E-state index in [1.54, 1.807) is 13.1 Å². The van der Waals surface area contributed by atoms with Gasteiger partial charge in [0.05, 0.1) is 18.3 Å². The topological polar surface area (TPSA) is 109 Å². The molecule has 1 aliphatic rings. The van der Waals surface area contributed by atoms with Crippen molar-refractivity contribution in [2.45, 2.75) is 45.4 Å². The Hall–Kier alpha value is -2.78. The largest absolute Gasteiger partial charge is 0.385 e. The molecule has 0 aromatic carbocycles. The molecule has 146 valence electrons. The number of aliphatic hydroxyl groups excluding tert-OH is 1. The summed E-state index contributed by atoms with van der Waals surface area (Å²) in [5.74, 6) is 2.03. The predicted octanol–water partition coefficient (Wildman–Crippen LogP) is 2.49. The number of imidazole rings is 1. The van der Waals surface area contributed by atoms with Crippen molar-refractivity contribution in [3.63, 3.8) is 0 Å². The third-order valence-corrected chi connectivity index (χ3v) is 5.49. The van der Waals surface area contributed by atoms with Crippen molar-refractivity contribution in [1.29, 1.82) is 0 Å². The van der Waals surface area contributed by atoms with E-state index in [0.717, 1.165) is 48.0 Å². The monoisotopic (exact) mass is 381 g/mol. The van der Waals surface area contributed by atoms with E-state index in [4.69, 9.17) is 9.51 Å². The number of aryl methyl sites for hydroxylation is 1. The minimum absolute atomic E-state index is 0.274. The van der Waals surface area contributed by atoms with Gasteiger partial charge in [-0.15, -0.1) is 0 Å². The van der Waals surface area contributed by atoms with Crippen LogP contribution in [-0.4, -0.2) is 52.8 Å². The summed E-state index contributed by atoms with van der Waals surface area (Å²) in [6.45, 7) is 6.12. The number of likely N-dealkylation sites (tertiary alicyclic amines) is 1. The lowest BCUT2D eigenvalue weighted by Crippen LogP contribution is -2.34. The van der Waals surface area contributed by atoms with Crippen LogP contribution in [0.3, 0.4) is 0 Å². The highest BCUT2D eigenvalue weighted by molar-refractivity contribution is 6.01. The lowest BCUT2D eigenvalue weighted by atomic mass is 10.0. The molecule has 28 heavy (non-hydrogen) atoms. The molecule has 0 unspecified atom stereocenters. The van der Waals surface area contributed by atoms with E-state index >= 15 is 0 Å². The van der Waals surface area contributed by atoms with Crippen LogP contribution in [0.15, 0.2) is 23.0 Å². The fourth-order valence-electron chi connectivity index (χ4n) is 4.21. The highest BCUT2D eigenvalue weighted by Crippen LogP contribution is 2.34. The van der Waals surface area contributed by atoms with Crippen molar-refractivity contribution < 1.29 is 9.63 Å². The van der Waals surface area contributed by atoms with E-state index in [2.05, 4.69) is 29.6 Å². The van der Waals surface area contributed by atoms with Gasteiger partial charge in [-0.2, -0.15) is 4.98 Å². The second-order valence-electron chi connectivity index (χ2n) is 7.49. The molecular weight excluding hydrogens is 358 g/mol. The molecule has 0 radical (unpaired) electrons. The van der Waals surface area contributed by atoms with Crippen LogP contribution < -0.4 is 0 Å². The fraction of sp³-hybridized carbons (Fsp3) is 0.474. The maximum Gasteiger partial charge on any atom is 0.240 e. The first kappa shape index (κ1) is 17.3. The molecule has 0 aliphatic carbocycles. The first-order chi connectivity index (χ1) is 13.6. The second-order valence-corrected chi connectivity index (χ2v) is 7.49. The van der Waals surface area contributed by atoms with Gasteiger partial charge in [0.25, 0.3) is 0 Å². The lowest BCUT2D eigenvalue weighted by molar-refractivity contribution is 0.148. The van der Waals surface area contributed by atoms with Crippen molar-refractivity contribution in [2.24, 2.45) is 0 Å². The van der Waals surface area contributed by atoms with Crippen LogP contribution in [0.25, 0.3) is 22.1 Å². The van der Waals surface area contributed by atoms with Gasteiger partial charge in [0, 0.05) is 30.7 Å². The summed E-state index contributed by atoms with van der Waals surface area (Å²) < 4.78 is 7.48. The van der Waals surface area contributed by atoms with Gasteiger partial charge in [0.15, 0.2) is 5.82 Å². The SMILES string of the molecule is Cc1noc(CN2CCC(n3c([C@@H](C)O)nc4cnc5[nH]ccc5c43)CC2)n1. The number of nitrogens with zero attached hydrogens (tertiary/aromatic N) is 6. The van der Waals surface area contributed by atoms with Crippen LogP contribution in [0.5, 0.6) is 0 Å². The fourth-order valence-corrected chi connectivity index (χ4v) is 4.21. The molecular formula is C19H23N7O2. The van der Waals surface area contributed by atoms with Crippen LogP contribution >= 0.6 is 0 Å². The highest BCUT2D eigenvalue weighted by atomic mass is 16.5. The standard InChI is InChI=1S/C19H23N7O2/c1-11(27)19-23-15-9-21-18-14(3-6-20-18)17(15)26(19)13-4-7-25(8-5-13)10-16-22-12(2)24-28-16/h3,6,9,11,13,27H,4-5,7-8,10H2,1-2H3,(H,20,21)/t11-/m1/s1. The van der Waals surface area contributed by atoms with Gasteiger partial charge in [-0.25, -0.2) is 9.97 Å². The average molecular weight is 381 g/mol. The Bertz CT molecular complexity index is 1120. The molecule has 0 spiro atoms. The zero-order valence-electron chi connectivity index (χ0n) is 16.0. The summed E-state index contributed by atoms with van der Waals surface area (Å²) in [7, 11) is 0. The molecule has 0 saturated carbocycles. The smallest absolute Gasteiger partial charge is 0.240 e. The Balaban J connectivity index is 1.46. The van der Waals surface area contributed by atoms with Gasteiger partial charge in [-0.1, -0.05) is 5.16 Å². The molecule has 1 saturated heterocycles. The highest BCUT2D eigenvalue weighted by Gasteiger charge is 2.27. The normalized spacial score (nSPS) is 17.7. The predicted molar refractivity (Wildman–Crippen MR) is 103 cm³/mol. The molecule has 0 amide bonds. The Kier molecular flexibility index (Phi) is 4.13. The molecule has 1 fully saturated rings. The first-order valence-electron chi connectivity index (χ1n) is 9.63. The van der Waals surface area contributed by atoms with Gasteiger partial charge >= 0.3 is 0 Å². The van der Waals surface area contributed by atoms with Crippen LogP contribution in [0, 0.1) is 6.92 Å². The van der Waals surface area contributed by atoms with E-state index in [-0.39, 0.29) is 6.04 Å². The minimum atomic E-state index is -0.638. The molecule has 1 aliphatic heterocycles. The number of piperidine rings is 1. The summed E-state index contributed by atoms with van der Waals surface area (Å²) in [5, 5.41) is 15.3. The van der Waals surface area contributed by atoms with E-state index < -0.39 is 6.10 Å². The number of hydrogen-bond donors (Lipinski definition) is 2. The molecule has 4 aromatic rings. The molecule has 0 bridgehead atoms. The van der Waals surface area contributed by atoms with Gasteiger partial charge in [-0.3, -0.25) is 4.90 Å². The maximum atomic E-state index is 10.4. The van der Waals surface area contributed by atoms with Crippen LogP contribution in [0.4, 0.5) is 0 Å². The number of aromatic amines is 1. The number of rotatable bonds is 4.